The number of hydrogen-bond donors (Lipinski definition) is 2. The van der Waals surface area contributed by atoms with Crippen LogP contribution in [0.25, 0.3) is 0 Å². The Kier molecular flexibility index (Phi) is 9.47. The predicted octanol–water partition coefficient (Wildman–Crippen LogP) is 2.33. The number of ether oxygens (including phenoxy) is 3. The molecule has 0 bridgehead atoms. The van der Waals surface area contributed by atoms with E-state index in [1.165, 1.54) is 0 Å². The van der Waals surface area contributed by atoms with Gasteiger partial charge in [0.2, 0.25) is 0 Å². The summed E-state index contributed by atoms with van der Waals surface area (Å²) in [4.78, 5) is 4.19. The summed E-state index contributed by atoms with van der Waals surface area (Å²) in [6.45, 7) is 5.27. The minimum atomic E-state index is 0.535. The van der Waals surface area contributed by atoms with E-state index in [9.17, 15) is 0 Å². The zero-order valence-corrected chi connectivity index (χ0v) is 15.6. The molecule has 0 aromatic heterocycles. The molecule has 2 rings (SSSR count). The van der Waals surface area contributed by atoms with Gasteiger partial charge < -0.3 is 24.8 Å². The first-order valence-electron chi connectivity index (χ1n) is 8.76. The number of benzene rings is 1. The number of aliphatic imine (C=N–C) groups is 1. The second kappa shape index (κ2) is 12.0. The highest BCUT2D eigenvalue weighted by molar-refractivity contribution is 6.30. The fourth-order valence-corrected chi connectivity index (χ4v) is 2.64. The van der Waals surface area contributed by atoms with Gasteiger partial charge in [0.15, 0.2) is 5.96 Å². The van der Waals surface area contributed by atoms with Gasteiger partial charge in [-0.2, -0.15) is 0 Å². The van der Waals surface area contributed by atoms with Crippen molar-refractivity contribution in [3.05, 3.63) is 29.3 Å². The van der Waals surface area contributed by atoms with Crippen LogP contribution < -0.4 is 15.4 Å². The van der Waals surface area contributed by atoms with E-state index in [0.29, 0.717) is 24.1 Å². The molecule has 6 nitrogen and oxygen atoms in total. The van der Waals surface area contributed by atoms with E-state index < -0.39 is 0 Å². The number of rotatable bonds is 10. The predicted molar refractivity (Wildman–Crippen MR) is 101 cm³/mol. The van der Waals surface area contributed by atoms with E-state index in [-0.39, 0.29) is 0 Å². The molecule has 1 atom stereocenters. The van der Waals surface area contributed by atoms with Gasteiger partial charge in [-0.15, -0.1) is 0 Å². The third-order valence-electron chi connectivity index (χ3n) is 3.82. The van der Waals surface area contributed by atoms with Crippen LogP contribution in [0.4, 0.5) is 0 Å². The molecule has 0 radical (unpaired) electrons. The van der Waals surface area contributed by atoms with E-state index >= 15 is 0 Å². The van der Waals surface area contributed by atoms with Crippen molar-refractivity contribution in [3.8, 4) is 5.75 Å². The summed E-state index contributed by atoms with van der Waals surface area (Å²) in [5.41, 5.74) is 0. The molecular formula is C18H28ClN3O3. The molecule has 140 valence electrons. The zero-order valence-electron chi connectivity index (χ0n) is 14.8. The third-order valence-corrected chi connectivity index (χ3v) is 4.05. The smallest absolute Gasteiger partial charge is 0.191 e. The van der Waals surface area contributed by atoms with Crippen LogP contribution in [-0.4, -0.2) is 59.1 Å². The van der Waals surface area contributed by atoms with E-state index in [1.807, 2.05) is 18.2 Å². The highest BCUT2D eigenvalue weighted by atomic mass is 35.5. The van der Waals surface area contributed by atoms with Gasteiger partial charge in [-0.3, -0.25) is 4.99 Å². The number of nitrogens with one attached hydrogen (secondary N) is 2. The Morgan fingerprint density at radius 2 is 2.20 bits per heavy atom. The molecule has 7 heteroatoms. The normalized spacial score (nSPS) is 17.5. The first-order chi connectivity index (χ1) is 12.3. The Morgan fingerprint density at radius 1 is 1.32 bits per heavy atom. The molecule has 1 aliphatic rings. The van der Waals surface area contributed by atoms with Crippen LogP contribution in [-0.2, 0) is 9.47 Å². The first-order valence-corrected chi connectivity index (χ1v) is 9.14. The van der Waals surface area contributed by atoms with Crippen molar-refractivity contribution in [1.82, 2.24) is 10.6 Å². The SMILES string of the molecule is CN=C(NCCCOCC1CCOC1)NCCOc1cccc(Cl)c1. The Morgan fingerprint density at radius 3 is 2.96 bits per heavy atom. The lowest BCUT2D eigenvalue weighted by molar-refractivity contribution is 0.0888. The van der Waals surface area contributed by atoms with E-state index in [1.54, 1.807) is 13.1 Å². The molecule has 1 aromatic carbocycles. The molecule has 1 aromatic rings. The highest BCUT2D eigenvalue weighted by Gasteiger charge is 2.15. The minimum absolute atomic E-state index is 0.535. The van der Waals surface area contributed by atoms with Crippen LogP contribution in [0.1, 0.15) is 12.8 Å². The summed E-state index contributed by atoms with van der Waals surface area (Å²) in [5, 5.41) is 7.15. The maximum absolute atomic E-state index is 5.92. The van der Waals surface area contributed by atoms with Gasteiger partial charge in [-0.25, -0.2) is 0 Å². The molecule has 0 amide bonds. The fraction of sp³-hybridized carbons (Fsp3) is 0.611. The summed E-state index contributed by atoms with van der Waals surface area (Å²) in [7, 11) is 1.75. The monoisotopic (exact) mass is 369 g/mol. The lowest BCUT2D eigenvalue weighted by atomic mass is 10.1. The molecule has 1 fully saturated rings. The van der Waals surface area contributed by atoms with Gasteiger partial charge in [0.05, 0.1) is 19.8 Å². The second-order valence-electron chi connectivity index (χ2n) is 5.89. The standard InChI is InChI=1S/C18H28ClN3O3/c1-20-18(21-7-3-9-23-13-15-6-10-24-14-15)22-8-11-25-17-5-2-4-16(19)12-17/h2,4-5,12,15H,3,6-11,13-14H2,1H3,(H2,20,21,22). The summed E-state index contributed by atoms with van der Waals surface area (Å²) < 4.78 is 16.6. The average Bonchev–Trinajstić information content (AvgIpc) is 3.13. The summed E-state index contributed by atoms with van der Waals surface area (Å²) >= 11 is 5.92. The topological polar surface area (TPSA) is 64.1 Å². The largest absolute Gasteiger partial charge is 0.492 e. The highest BCUT2D eigenvalue weighted by Crippen LogP contribution is 2.16. The van der Waals surface area contributed by atoms with E-state index in [0.717, 1.165) is 57.5 Å². The number of hydrogen-bond acceptors (Lipinski definition) is 4. The summed E-state index contributed by atoms with van der Waals surface area (Å²) in [6.07, 6.45) is 2.05. The summed E-state index contributed by atoms with van der Waals surface area (Å²) in [6, 6.07) is 7.38. The molecule has 1 aliphatic heterocycles. The van der Waals surface area contributed by atoms with Crippen LogP contribution >= 0.6 is 11.6 Å². The van der Waals surface area contributed by atoms with Crippen molar-refractivity contribution in [2.24, 2.45) is 10.9 Å². The van der Waals surface area contributed by atoms with Crippen LogP contribution in [0.2, 0.25) is 5.02 Å². The fourth-order valence-electron chi connectivity index (χ4n) is 2.46. The first kappa shape index (κ1) is 19.8. The average molecular weight is 370 g/mol. The Bertz CT molecular complexity index is 522. The van der Waals surface area contributed by atoms with Gasteiger partial charge in [0.1, 0.15) is 12.4 Å². The van der Waals surface area contributed by atoms with Gasteiger partial charge in [0, 0.05) is 37.7 Å². The minimum Gasteiger partial charge on any atom is -0.492 e. The maximum Gasteiger partial charge on any atom is 0.191 e. The van der Waals surface area contributed by atoms with Crippen LogP contribution in [0.3, 0.4) is 0 Å². The van der Waals surface area contributed by atoms with Gasteiger partial charge in [-0.05, 0) is 31.0 Å². The molecule has 0 aliphatic carbocycles. The third kappa shape index (κ3) is 8.43. The quantitative estimate of drug-likeness (QED) is 0.376. The van der Waals surface area contributed by atoms with E-state index in [4.69, 9.17) is 25.8 Å². The van der Waals surface area contributed by atoms with Crippen molar-refractivity contribution in [2.45, 2.75) is 12.8 Å². The maximum atomic E-state index is 5.92. The zero-order chi connectivity index (χ0) is 17.7. The van der Waals surface area contributed by atoms with Gasteiger partial charge in [-0.1, -0.05) is 17.7 Å². The lowest BCUT2D eigenvalue weighted by Crippen LogP contribution is -2.39. The number of nitrogens with zero attached hydrogens (tertiary/aromatic N) is 1. The van der Waals surface area contributed by atoms with Crippen LogP contribution in [0, 0.1) is 5.92 Å². The van der Waals surface area contributed by atoms with Crippen molar-refractivity contribution in [1.29, 1.82) is 0 Å². The van der Waals surface area contributed by atoms with Crippen molar-refractivity contribution >= 4 is 17.6 Å². The summed E-state index contributed by atoms with van der Waals surface area (Å²) in [5.74, 6) is 2.10. The van der Waals surface area contributed by atoms with Crippen LogP contribution in [0.5, 0.6) is 5.75 Å². The molecular weight excluding hydrogens is 342 g/mol. The Labute approximate surface area is 154 Å². The van der Waals surface area contributed by atoms with Crippen molar-refractivity contribution in [3.63, 3.8) is 0 Å². The van der Waals surface area contributed by atoms with Gasteiger partial charge >= 0.3 is 0 Å². The molecule has 0 saturated carbocycles. The lowest BCUT2D eigenvalue weighted by Gasteiger charge is -2.13. The van der Waals surface area contributed by atoms with Crippen LogP contribution in [0.15, 0.2) is 29.3 Å². The second-order valence-corrected chi connectivity index (χ2v) is 6.33. The Balaban J connectivity index is 1.47. The number of guanidine groups is 1. The number of halogens is 1. The Hall–Kier alpha value is -1.50. The molecule has 1 saturated heterocycles. The van der Waals surface area contributed by atoms with Crippen molar-refractivity contribution in [2.75, 3.05) is 53.2 Å². The van der Waals surface area contributed by atoms with E-state index in [2.05, 4.69) is 15.6 Å². The van der Waals surface area contributed by atoms with Gasteiger partial charge in [0.25, 0.3) is 0 Å². The molecule has 0 spiro atoms. The molecule has 1 heterocycles. The molecule has 2 N–H and O–H groups in total. The molecule has 1 unspecified atom stereocenters. The van der Waals surface area contributed by atoms with Crippen molar-refractivity contribution < 1.29 is 14.2 Å². The molecule has 25 heavy (non-hydrogen) atoms.